The van der Waals surface area contributed by atoms with Crippen molar-refractivity contribution in [1.29, 1.82) is 0 Å². The second-order valence-electron chi connectivity index (χ2n) is 3.16. The molecule has 0 aliphatic carbocycles. The van der Waals surface area contributed by atoms with Gasteiger partial charge in [-0.15, -0.1) is 6.58 Å². The summed E-state index contributed by atoms with van der Waals surface area (Å²) in [6.07, 6.45) is 1.62. The molecule has 3 N–H and O–H groups in total. The normalized spacial score (nSPS) is 9.56. The summed E-state index contributed by atoms with van der Waals surface area (Å²) in [4.78, 5) is 11.8. The Morgan fingerprint density at radius 3 is 3.00 bits per heavy atom. The molecule has 0 aromatic heterocycles. The van der Waals surface area contributed by atoms with Crippen LogP contribution in [0, 0.1) is 0 Å². The molecule has 0 saturated carbocycles. The van der Waals surface area contributed by atoms with E-state index in [4.69, 9.17) is 10.5 Å². The van der Waals surface area contributed by atoms with Crippen LogP contribution >= 0.6 is 0 Å². The summed E-state index contributed by atoms with van der Waals surface area (Å²) in [5.41, 5.74) is 6.66. The van der Waals surface area contributed by atoms with E-state index in [9.17, 15) is 4.79 Å². The second-order valence-corrected chi connectivity index (χ2v) is 3.16. The van der Waals surface area contributed by atoms with Crippen LogP contribution in [-0.2, 0) is 0 Å². The molecule has 0 radical (unpaired) electrons. The van der Waals surface area contributed by atoms with Gasteiger partial charge in [-0.2, -0.15) is 0 Å². The lowest BCUT2D eigenvalue weighted by molar-refractivity contribution is 0.0954. The third-order valence-electron chi connectivity index (χ3n) is 1.99. The van der Waals surface area contributed by atoms with Crippen molar-refractivity contribution in [2.75, 3.05) is 18.9 Å². The van der Waals surface area contributed by atoms with Gasteiger partial charge in [0.05, 0.1) is 17.9 Å². The van der Waals surface area contributed by atoms with E-state index in [0.29, 0.717) is 30.2 Å². The predicted octanol–water partition coefficient (Wildman–Crippen LogP) is 1.58. The first kappa shape index (κ1) is 12.1. The first-order valence-corrected chi connectivity index (χ1v) is 5.11. The van der Waals surface area contributed by atoms with Crippen LogP contribution < -0.4 is 15.8 Å². The van der Waals surface area contributed by atoms with E-state index in [0.717, 1.165) is 0 Å². The number of ether oxygens (including phenoxy) is 1. The molecule has 1 rings (SSSR count). The Morgan fingerprint density at radius 2 is 2.38 bits per heavy atom. The van der Waals surface area contributed by atoms with Crippen LogP contribution in [-0.4, -0.2) is 19.1 Å². The number of nitrogen functional groups attached to an aromatic ring is 1. The molecule has 86 valence electrons. The van der Waals surface area contributed by atoms with Crippen molar-refractivity contribution in [1.82, 2.24) is 5.32 Å². The van der Waals surface area contributed by atoms with E-state index in [1.165, 1.54) is 0 Å². The molecule has 0 aliphatic heterocycles. The number of hydrogen-bond donors (Lipinski definition) is 2. The second kappa shape index (κ2) is 5.80. The van der Waals surface area contributed by atoms with E-state index < -0.39 is 0 Å². The lowest BCUT2D eigenvalue weighted by atomic mass is 10.1. The van der Waals surface area contributed by atoms with Crippen molar-refractivity contribution >= 4 is 11.6 Å². The van der Waals surface area contributed by atoms with Crippen molar-refractivity contribution in [3.63, 3.8) is 0 Å². The summed E-state index contributed by atoms with van der Waals surface area (Å²) in [5, 5.41) is 2.68. The van der Waals surface area contributed by atoms with Crippen molar-refractivity contribution in [3.8, 4) is 5.75 Å². The molecule has 0 spiro atoms. The number of rotatable bonds is 5. The van der Waals surface area contributed by atoms with Gasteiger partial charge in [-0.3, -0.25) is 4.79 Å². The van der Waals surface area contributed by atoms with Gasteiger partial charge < -0.3 is 15.8 Å². The summed E-state index contributed by atoms with van der Waals surface area (Å²) in [6, 6.07) is 5.11. The summed E-state index contributed by atoms with van der Waals surface area (Å²) < 4.78 is 5.36. The van der Waals surface area contributed by atoms with Gasteiger partial charge >= 0.3 is 0 Å². The van der Waals surface area contributed by atoms with E-state index in [1.807, 2.05) is 6.92 Å². The number of nitrogens with two attached hydrogens (primary N) is 1. The van der Waals surface area contributed by atoms with E-state index >= 15 is 0 Å². The van der Waals surface area contributed by atoms with Crippen LogP contribution in [0.15, 0.2) is 30.9 Å². The van der Waals surface area contributed by atoms with Crippen LogP contribution in [0.3, 0.4) is 0 Å². The minimum atomic E-state index is -0.212. The van der Waals surface area contributed by atoms with Gasteiger partial charge in [0.2, 0.25) is 0 Å². The molecule has 0 unspecified atom stereocenters. The quantitative estimate of drug-likeness (QED) is 0.585. The molecule has 0 fully saturated rings. The van der Waals surface area contributed by atoms with Crippen LogP contribution in [0.5, 0.6) is 5.75 Å². The Kier molecular flexibility index (Phi) is 4.39. The van der Waals surface area contributed by atoms with Gasteiger partial charge in [-0.05, 0) is 19.1 Å². The zero-order valence-corrected chi connectivity index (χ0v) is 9.32. The molecule has 1 aromatic rings. The average molecular weight is 220 g/mol. The summed E-state index contributed by atoms with van der Waals surface area (Å²) in [5.74, 6) is 0.224. The van der Waals surface area contributed by atoms with Crippen LogP contribution in [0.2, 0.25) is 0 Å². The molecule has 1 amide bonds. The Balaban J connectivity index is 2.97. The molecule has 0 bridgehead atoms. The minimum Gasteiger partial charge on any atom is -0.491 e. The molecule has 4 nitrogen and oxygen atoms in total. The molecule has 0 atom stereocenters. The van der Waals surface area contributed by atoms with Gasteiger partial charge in [0, 0.05) is 6.54 Å². The maximum Gasteiger partial charge on any atom is 0.255 e. The summed E-state index contributed by atoms with van der Waals surface area (Å²) >= 11 is 0. The van der Waals surface area contributed by atoms with Crippen molar-refractivity contribution in [2.45, 2.75) is 6.92 Å². The van der Waals surface area contributed by atoms with Gasteiger partial charge in [0.25, 0.3) is 5.91 Å². The SMILES string of the molecule is C=CCNC(=O)c1cccc(N)c1OCC. The smallest absolute Gasteiger partial charge is 0.255 e. The van der Waals surface area contributed by atoms with Crippen LogP contribution in [0.1, 0.15) is 17.3 Å². The fourth-order valence-corrected chi connectivity index (χ4v) is 1.30. The molecule has 4 heteroatoms. The third-order valence-corrected chi connectivity index (χ3v) is 1.99. The number of carbonyl (C=O) groups excluding carboxylic acids is 1. The van der Waals surface area contributed by atoms with Gasteiger partial charge in [-0.1, -0.05) is 12.1 Å². The largest absolute Gasteiger partial charge is 0.491 e. The van der Waals surface area contributed by atoms with Crippen molar-refractivity contribution < 1.29 is 9.53 Å². The minimum absolute atomic E-state index is 0.212. The highest BCUT2D eigenvalue weighted by molar-refractivity contribution is 5.98. The molecule has 16 heavy (non-hydrogen) atoms. The number of hydrogen-bond acceptors (Lipinski definition) is 3. The number of anilines is 1. The Morgan fingerprint density at radius 1 is 1.62 bits per heavy atom. The fourth-order valence-electron chi connectivity index (χ4n) is 1.30. The van der Waals surface area contributed by atoms with E-state index in [1.54, 1.807) is 24.3 Å². The lowest BCUT2D eigenvalue weighted by Crippen LogP contribution is -2.24. The number of benzene rings is 1. The van der Waals surface area contributed by atoms with Gasteiger partial charge in [0.1, 0.15) is 0 Å². The molecule has 0 saturated heterocycles. The monoisotopic (exact) mass is 220 g/mol. The lowest BCUT2D eigenvalue weighted by Gasteiger charge is -2.11. The highest BCUT2D eigenvalue weighted by Crippen LogP contribution is 2.26. The number of carbonyl (C=O) groups is 1. The first-order valence-electron chi connectivity index (χ1n) is 5.11. The highest BCUT2D eigenvalue weighted by Gasteiger charge is 2.13. The average Bonchev–Trinajstić information content (AvgIpc) is 2.29. The number of amides is 1. The summed E-state index contributed by atoms with van der Waals surface area (Å²) in [6.45, 7) is 6.26. The molecule has 0 aliphatic rings. The Labute approximate surface area is 95.1 Å². The van der Waals surface area contributed by atoms with Gasteiger partial charge in [-0.25, -0.2) is 0 Å². The maximum absolute atomic E-state index is 11.8. The molecule has 0 heterocycles. The number of para-hydroxylation sites is 1. The van der Waals surface area contributed by atoms with Crippen molar-refractivity contribution in [3.05, 3.63) is 36.4 Å². The standard InChI is InChI=1S/C12H16N2O2/c1-3-8-14-12(15)9-6-5-7-10(13)11(9)16-4-2/h3,5-7H,1,4,8,13H2,2H3,(H,14,15). The van der Waals surface area contributed by atoms with Gasteiger partial charge in [0.15, 0.2) is 5.75 Å². The number of nitrogens with one attached hydrogen (secondary N) is 1. The van der Waals surface area contributed by atoms with Crippen molar-refractivity contribution in [2.24, 2.45) is 0 Å². The van der Waals surface area contributed by atoms with E-state index in [2.05, 4.69) is 11.9 Å². The van der Waals surface area contributed by atoms with E-state index in [-0.39, 0.29) is 5.91 Å². The highest BCUT2D eigenvalue weighted by atomic mass is 16.5. The Bertz CT molecular complexity index is 389. The summed E-state index contributed by atoms with van der Waals surface area (Å²) in [7, 11) is 0. The molecular weight excluding hydrogens is 204 g/mol. The maximum atomic E-state index is 11.8. The molecular formula is C12H16N2O2. The first-order chi connectivity index (χ1) is 7.70. The Hall–Kier alpha value is -1.97. The molecule has 1 aromatic carbocycles. The zero-order chi connectivity index (χ0) is 12.0. The van der Waals surface area contributed by atoms with Crippen LogP contribution in [0.4, 0.5) is 5.69 Å². The topological polar surface area (TPSA) is 64.4 Å². The third kappa shape index (κ3) is 2.76. The van der Waals surface area contributed by atoms with Crippen LogP contribution in [0.25, 0.3) is 0 Å². The predicted molar refractivity (Wildman–Crippen MR) is 64.6 cm³/mol. The fraction of sp³-hybridized carbons (Fsp3) is 0.250. The zero-order valence-electron chi connectivity index (χ0n) is 9.32.